The number of aromatic nitrogens is 3. The number of carbonyl (C=O) groups excluding carboxylic acids is 2. The lowest BCUT2D eigenvalue weighted by Crippen LogP contribution is -2.42. The van der Waals surface area contributed by atoms with Gasteiger partial charge in [-0.2, -0.15) is 5.10 Å². The largest absolute Gasteiger partial charge is 0.323 e. The summed E-state index contributed by atoms with van der Waals surface area (Å²) >= 11 is 0. The zero-order chi connectivity index (χ0) is 24.6. The van der Waals surface area contributed by atoms with Crippen molar-refractivity contribution in [2.24, 2.45) is 0 Å². The maximum Gasteiger partial charge on any atom is 0.259 e. The summed E-state index contributed by atoms with van der Waals surface area (Å²) in [5.74, 6) is -0.926. The summed E-state index contributed by atoms with van der Waals surface area (Å²) in [5, 5.41) is 7.85. The molecular weight excluding hydrogens is 457 g/mol. The molecule has 0 unspecified atom stereocenters. The van der Waals surface area contributed by atoms with Crippen LogP contribution in [-0.2, 0) is 11.3 Å². The summed E-state index contributed by atoms with van der Waals surface area (Å²) in [4.78, 5) is 32.6. The first kappa shape index (κ1) is 21.7. The van der Waals surface area contributed by atoms with Gasteiger partial charge in [0.15, 0.2) is 5.65 Å². The van der Waals surface area contributed by atoms with Crippen LogP contribution in [0.4, 0.5) is 15.8 Å². The monoisotopic (exact) mass is 477 g/mol. The van der Waals surface area contributed by atoms with E-state index in [-0.39, 0.29) is 30.7 Å². The van der Waals surface area contributed by atoms with Crippen molar-refractivity contribution < 1.29 is 14.0 Å². The first-order valence-electron chi connectivity index (χ1n) is 11.4. The highest BCUT2D eigenvalue weighted by Gasteiger charge is 2.29. The molecule has 0 radical (unpaired) electrons. The lowest BCUT2D eigenvalue weighted by molar-refractivity contribution is -0.115. The fraction of sp³-hybridized carbons (Fsp3) is 0.0714. The molecule has 176 valence electrons. The standard InChI is InChI=1S/C28H20FN5O2/c29-20-10-6-7-18(13-20)16-34-27-22(15-30-34)21(14-24(32-27)19-8-2-1-3-9-19)28(36)33-17-26(35)31-23-11-4-5-12-25(23)33/h1-15H,16-17H2,(H,31,35). The second kappa shape index (κ2) is 8.74. The van der Waals surface area contributed by atoms with Crippen molar-refractivity contribution in [3.05, 3.63) is 108 Å². The van der Waals surface area contributed by atoms with E-state index in [9.17, 15) is 14.0 Å². The molecule has 1 aliphatic rings. The highest BCUT2D eigenvalue weighted by Crippen LogP contribution is 2.32. The highest BCUT2D eigenvalue weighted by atomic mass is 19.1. The molecule has 36 heavy (non-hydrogen) atoms. The number of amides is 2. The van der Waals surface area contributed by atoms with Crippen LogP contribution in [0.1, 0.15) is 15.9 Å². The van der Waals surface area contributed by atoms with Crippen LogP contribution in [-0.4, -0.2) is 33.1 Å². The molecule has 7 nitrogen and oxygen atoms in total. The van der Waals surface area contributed by atoms with E-state index in [4.69, 9.17) is 4.98 Å². The Morgan fingerprint density at radius 3 is 2.61 bits per heavy atom. The van der Waals surface area contributed by atoms with Gasteiger partial charge in [0, 0.05) is 5.56 Å². The molecule has 6 rings (SSSR count). The number of carbonyl (C=O) groups is 2. The average molecular weight is 477 g/mol. The van der Waals surface area contributed by atoms with E-state index >= 15 is 0 Å². The van der Waals surface area contributed by atoms with Gasteiger partial charge in [0.2, 0.25) is 5.91 Å². The number of hydrogen-bond donors (Lipinski definition) is 1. The molecule has 0 saturated heterocycles. The van der Waals surface area contributed by atoms with Crippen molar-refractivity contribution in [3.63, 3.8) is 0 Å². The van der Waals surface area contributed by atoms with Crippen LogP contribution in [0, 0.1) is 5.82 Å². The van der Waals surface area contributed by atoms with Crippen LogP contribution < -0.4 is 10.2 Å². The van der Waals surface area contributed by atoms with E-state index in [0.29, 0.717) is 33.7 Å². The van der Waals surface area contributed by atoms with E-state index < -0.39 is 0 Å². The number of halogens is 1. The summed E-state index contributed by atoms with van der Waals surface area (Å²) in [7, 11) is 0. The van der Waals surface area contributed by atoms with Gasteiger partial charge in [-0.25, -0.2) is 14.1 Å². The molecule has 0 aliphatic carbocycles. The van der Waals surface area contributed by atoms with Gasteiger partial charge in [0.1, 0.15) is 12.4 Å². The van der Waals surface area contributed by atoms with Gasteiger partial charge < -0.3 is 5.32 Å². The third kappa shape index (κ3) is 3.88. The summed E-state index contributed by atoms with van der Waals surface area (Å²) in [6, 6.07) is 24.8. The van der Waals surface area contributed by atoms with Crippen molar-refractivity contribution in [1.82, 2.24) is 14.8 Å². The van der Waals surface area contributed by atoms with E-state index in [1.807, 2.05) is 48.5 Å². The van der Waals surface area contributed by atoms with Crippen LogP contribution in [0.25, 0.3) is 22.3 Å². The van der Waals surface area contributed by atoms with Crippen LogP contribution in [0.5, 0.6) is 0 Å². The SMILES string of the molecule is O=C1CN(C(=O)c2cc(-c3ccccc3)nc3c2cnn3Cc2cccc(F)c2)c2ccccc2N1. The quantitative estimate of drug-likeness (QED) is 0.400. The Balaban J connectivity index is 1.51. The molecule has 2 amide bonds. The lowest BCUT2D eigenvalue weighted by Gasteiger charge is -2.29. The third-order valence-electron chi connectivity index (χ3n) is 6.15. The van der Waals surface area contributed by atoms with Gasteiger partial charge in [-0.15, -0.1) is 0 Å². The molecule has 2 aromatic heterocycles. The summed E-state index contributed by atoms with van der Waals surface area (Å²) in [5.41, 5.74) is 4.25. The minimum absolute atomic E-state index is 0.0994. The van der Waals surface area contributed by atoms with Crippen molar-refractivity contribution in [2.75, 3.05) is 16.8 Å². The zero-order valence-electron chi connectivity index (χ0n) is 19.1. The number of para-hydroxylation sites is 2. The maximum absolute atomic E-state index is 13.9. The molecule has 0 bridgehead atoms. The fourth-order valence-electron chi connectivity index (χ4n) is 4.47. The number of fused-ring (bicyclic) bond motifs is 2. The van der Waals surface area contributed by atoms with E-state index in [1.165, 1.54) is 17.0 Å². The minimum atomic E-state index is -0.334. The van der Waals surface area contributed by atoms with Crippen molar-refractivity contribution in [2.45, 2.75) is 6.54 Å². The molecular formula is C28H20FN5O2. The molecule has 3 aromatic carbocycles. The summed E-state index contributed by atoms with van der Waals surface area (Å²) in [6.07, 6.45) is 1.60. The number of pyridine rings is 1. The molecule has 0 fully saturated rings. The van der Waals surface area contributed by atoms with Crippen molar-refractivity contribution >= 4 is 34.2 Å². The predicted molar refractivity (Wildman–Crippen MR) is 135 cm³/mol. The number of benzene rings is 3. The Morgan fingerprint density at radius 1 is 0.972 bits per heavy atom. The number of anilines is 2. The highest BCUT2D eigenvalue weighted by molar-refractivity contribution is 6.19. The van der Waals surface area contributed by atoms with E-state index in [1.54, 1.807) is 35.1 Å². The molecule has 0 atom stereocenters. The second-order valence-electron chi connectivity index (χ2n) is 8.55. The maximum atomic E-state index is 13.9. The average Bonchev–Trinajstić information content (AvgIpc) is 3.30. The first-order valence-corrected chi connectivity index (χ1v) is 11.4. The molecule has 0 saturated carbocycles. The molecule has 1 N–H and O–H groups in total. The first-order chi connectivity index (χ1) is 17.6. The van der Waals surface area contributed by atoms with E-state index in [2.05, 4.69) is 10.4 Å². The van der Waals surface area contributed by atoms with Gasteiger partial charge in [-0.1, -0.05) is 54.6 Å². The van der Waals surface area contributed by atoms with Crippen LogP contribution in [0.3, 0.4) is 0 Å². The van der Waals surface area contributed by atoms with Crippen LogP contribution in [0.2, 0.25) is 0 Å². The Kier molecular flexibility index (Phi) is 5.26. The Morgan fingerprint density at radius 2 is 1.78 bits per heavy atom. The van der Waals surface area contributed by atoms with Crippen molar-refractivity contribution in [3.8, 4) is 11.3 Å². The molecule has 3 heterocycles. The molecule has 8 heteroatoms. The minimum Gasteiger partial charge on any atom is -0.323 e. The Labute approximate surface area is 205 Å². The van der Waals surface area contributed by atoms with Gasteiger partial charge in [-0.05, 0) is 35.9 Å². The number of hydrogen-bond acceptors (Lipinski definition) is 4. The third-order valence-corrected chi connectivity index (χ3v) is 6.15. The lowest BCUT2D eigenvalue weighted by atomic mass is 10.0. The van der Waals surface area contributed by atoms with Gasteiger partial charge in [-0.3, -0.25) is 14.5 Å². The Hall–Kier alpha value is -4.85. The summed E-state index contributed by atoms with van der Waals surface area (Å²) < 4.78 is 15.5. The number of rotatable bonds is 4. The summed E-state index contributed by atoms with van der Waals surface area (Å²) in [6.45, 7) is 0.187. The number of nitrogens with one attached hydrogen (secondary N) is 1. The smallest absolute Gasteiger partial charge is 0.259 e. The molecule has 1 aliphatic heterocycles. The normalized spacial score (nSPS) is 12.9. The Bertz CT molecular complexity index is 1630. The number of nitrogens with zero attached hydrogens (tertiary/aromatic N) is 4. The van der Waals surface area contributed by atoms with Gasteiger partial charge in [0.25, 0.3) is 5.91 Å². The fourth-order valence-corrected chi connectivity index (χ4v) is 4.47. The molecule has 5 aromatic rings. The predicted octanol–water partition coefficient (Wildman–Crippen LogP) is 4.88. The second-order valence-corrected chi connectivity index (χ2v) is 8.55. The van der Waals surface area contributed by atoms with Gasteiger partial charge in [0.05, 0.1) is 40.8 Å². The topological polar surface area (TPSA) is 80.1 Å². The zero-order valence-corrected chi connectivity index (χ0v) is 19.1. The van der Waals surface area contributed by atoms with Crippen LogP contribution in [0.15, 0.2) is 91.1 Å². The van der Waals surface area contributed by atoms with Gasteiger partial charge >= 0.3 is 0 Å². The van der Waals surface area contributed by atoms with E-state index in [0.717, 1.165) is 11.1 Å². The van der Waals surface area contributed by atoms with Crippen molar-refractivity contribution in [1.29, 1.82) is 0 Å². The molecule has 0 spiro atoms. The van der Waals surface area contributed by atoms with Crippen LogP contribution >= 0.6 is 0 Å².